The van der Waals surface area contributed by atoms with Crippen molar-refractivity contribution in [3.05, 3.63) is 23.8 Å². The van der Waals surface area contributed by atoms with E-state index in [1.165, 1.54) is 12.8 Å². The van der Waals surface area contributed by atoms with E-state index in [2.05, 4.69) is 15.6 Å². The number of nitrogens with one attached hydrogen (secondary N) is 2. The second-order valence-electron chi connectivity index (χ2n) is 6.62. The molecule has 1 heterocycles. The largest absolute Gasteiger partial charge is 0.454 e. The first-order valence-electron chi connectivity index (χ1n) is 8.75. The summed E-state index contributed by atoms with van der Waals surface area (Å²) in [6.45, 7) is 1.01. The molecule has 3 rings (SSSR count). The monoisotopic (exact) mass is 474 g/mol. The van der Waals surface area contributed by atoms with E-state index in [-0.39, 0.29) is 43.2 Å². The van der Waals surface area contributed by atoms with Crippen molar-refractivity contribution in [2.75, 3.05) is 27.4 Å². The van der Waals surface area contributed by atoms with Gasteiger partial charge in [0.2, 0.25) is 12.7 Å². The number of hydrogen-bond donors (Lipinski definition) is 2. The third-order valence-corrected chi connectivity index (χ3v) is 4.46. The van der Waals surface area contributed by atoms with Crippen LogP contribution in [0.2, 0.25) is 0 Å². The number of nitrogens with zero attached hydrogens (tertiary/aromatic N) is 2. The zero-order valence-corrected chi connectivity index (χ0v) is 17.6. The molecule has 144 valence electrons. The number of fused-ring (bicyclic) bond motifs is 1. The molecule has 8 heteroatoms. The van der Waals surface area contributed by atoms with Gasteiger partial charge in [-0.15, -0.1) is 24.0 Å². The summed E-state index contributed by atoms with van der Waals surface area (Å²) in [5.41, 5.74) is 1.04. The average molecular weight is 474 g/mol. The van der Waals surface area contributed by atoms with Gasteiger partial charge in [0.15, 0.2) is 17.5 Å². The number of likely N-dealkylation sites (N-methyl/N-ethyl adjacent to an activating group) is 1. The first-order valence-corrected chi connectivity index (χ1v) is 8.75. The summed E-state index contributed by atoms with van der Waals surface area (Å²) in [5, 5.41) is 6.59. The number of carbonyl (C=O) groups excluding carboxylic acids is 1. The Hall–Kier alpha value is -1.71. The minimum atomic E-state index is 0. The topological polar surface area (TPSA) is 75.2 Å². The summed E-state index contributed by atoms with van der Waals surface area (Å²) in [6, 6.07) is 6.26. The minimum Gasteiger partial charge on any atom is -0.454 e. The van der Waals surface area contributed by atoms with Crippen molar-refractivity contribution in [1.82, 2.24) is 15.5 Å². The number of guanidine groups is 1. The number of benzene rings is 1. The van der Waals surface area contributed by atoms with Crippen LogP contribution in [0.3, 0.4) is 0 Å². The lowest BCUT2D eigenvalue weighted by molar-refractivity contribution is -0.127. The van der Waals surface area contributed by atoms with E-state index >= 15 is 0 Å². The van der Waals surface area contributed by atoms with E-state index in [1.54, 1.807) is 19.0 Å². The first-order chi connectivity index (χ1) is 12.1. The summed E-state index contributed by atoms with van der Waals surface area (Å²) in [6.07, 6.45) is 4.77. The molecular formula is C18H27IN4O3. The highest BCUT2D eigenvalue weighted by Crippen LogP contribution is 2.32. The van der Waals surface area contributed by atoms with Crippen molar-refractivity contribution in [3.8, 4) is 11.5 Å². The number of halogens is 1. The Bertz CT molecular complexity index is 645. The van der Waals surface area contributed by atoms with Crippen LogP contribution in [0.5, 0.6) is 11.5 Å². The van der Waals surface area contributed by atoms with Gasteiger partial charge < -0.3 is 25.0 Å². The fraction of sp³-hybridized carbons (Fsp3) is 0.556. The van der Waals surface area contributed by atoms with E-state index < -0.39 is 0 Å². The third kappa shape index (κ3) is 5.65. The minimum absolute atomic E-state index is 0. The standard InChI is InChI=1S/C18H26N4O3.HI/c1-22(2)17(23)11-20-18(21-14-5-3-4-6-14)19-10-13-7-8-15-16(9-13)25-12-24-15;/h7-9,14H,3-6,10-12H2,1-2H3,(H2,19,20,21);1H. The van der Waals surface area contributed by atoms with Crippen molar-refractivity contribution < 1.29 is 14.3 Å². The van der Waals surface area contributed by atoms with E-state index in [0.29, 0.717) is 18.5 Å². The maximum Gasteiger partial charge on any atom is 0.241 e. The van der Waals surface area contributed by atoms with Crippen LogP contribution in [-0.2, 0) is 11.3 Å². The average Bonchev–Trinajstić information content (AvgIpc) is 3.27. The van der Waals surface area contributed by atoms with Crippen molar-refractivity contribution in [2.24, 2.45) is 4.99 Å². The summed E-state index contributed by atoms with van der Waals surface area (Å²) in [7, 11) is 3.50. The second-order valence-corrected chi connectivity index (χ2v) is 6.62. The number of hydrogen-bond acceptors (Lipinski definition) is 4. The lowest BCUT2D eigenvalue weighted by Crippen LogP contribution is -2.46. The molecule has 0 spiro atoms. The Morgan fingerprint density at radius 3 is 2.69 bits per heavy atom. The SMILES string of the molecule is CN(C)C(=O)CNC(=NCc1ccc2c(c1)OCO2)NC1CCCC1.I. The maximum absolute atomic E-state index is 11.8. The fourth-order valence-corrected chi connectivity index (χ4v) is 2.94. The van der Waals surface area contributed by atoms with Gasteiger partial charge in [-0.05, 0) is 30.5 Å². The summed E-state index contributed by atoms with van der Waals surface area (Å²) in [5.74, 6) is 2.23. The Labute approximate surface area is 171 Å². The molecule has 2 aliphatic rings. The first kappa shape index (κ1) is 20.6. The van der Waals surface area contributed by atoms with Crippen LogP contribution < -0.4 is 20.1 Å². The molecule has 0 saturated heterocycles. The molecule has 0 radical (unpaired) electrons. The Morgan fingerprint density at radius 1 is 1.23 bits per heavy atom. The fourth-order valence-electron chi connectivity index (χ4n) is 2.94. The van der Waals surface area contributed by atoms with Crippen LogP contribution in [0.1, 0.15) is 31.2 Å². The van der Waals surface area contributed by atoms with Crippen LogP contribution >= 0.6 is 24.0 Å². The lowest BCUT2D eigenvalue weighted by atomic mass is 10.2. The molecule has 0 bridgehead atoms. The molecule has 1 amide bonds. The van der Waals surface area contributed by atoms with Gasteiger partial charge in [-0.1, -0.05) is 18.9 Å². The summed E-state index contributed by atoms with van der Waals surface area (Å²) in [4.78, 5) is 18.0. The molecule has 1 fully saturated rings. The van der Waals surface area contributed by atoms with Gasteiger partial charge in [0, 0.05) is 20.1 Å². The molecule has 1 aromatic rings. The smallest absolute Gasteiger partial charge is 0.241 e. The normalized spacial score (nSPS) is 16.2. The highest BCUT2D eigenvalue weighted by molar-refractivity contribution is 14.0. The zero-order chi connectivity index (χ0) is 17.6. The van der Waals surface area contributed by atoms with E-state index in [4.69, 9.17) is 9.47 Å². The van der Waals surface area contributed by atoms with Crippen molar-refractivity contribution in [1.29, 1.82) is 0 Å². The van der Waals surface area contributed by atoms with Crippen LogP contribution in [0.25, 0.3) is 0 Å². The Kier molecular flexibility index (Phi) is 7.80. The van der Waals surface area contributed by atoms with E-state index in [9.17, 15) is 4.79 Å². The molecular weight excluding hydrogens is 447 g/mol. The highest BCUT2D eigenvalue weighted by atomic mass is 127. The number of ether oxygens (including phenoxy) is 2. The van der Waals surface area contributed by atoms with Gasteiger partial charge in [0.1, 0.15) is 0 Å². The number of amides is 1. The number of aliphatic imine (C=N–C) groups is 1. The lowest BCUT2D eigenvalue weighted by Gasteiger charge is -2.18. The molecule has 1 aliphatic carbocycles. The Balaban J connectivity index is 0.00000243. The van der Waals surface area contributed by atoms with Gasteiger partial charge >= 0.3 is 0 Å². The van der Waals surface area contributed by atoms with Crippen LogP contribution in [0.4, 0.5) is 0 Å². The van der Waals surface area contributed by atoms with Crippen LogP contribution in [0, 0.1) is 0 Å². The maximum atomic E-state index is 11.8. The van der Waals surface area contributed by atoms with Crippen LogP contribution in [0.15, 0.2) is 23.2 Å². The van der Waals surface area contributed by atoms with Gasteiger partial charge in [-0.25, -0.2) is 4.99 Å². The van der Waals surface area contributed by atoms with Gasteiger partial charge in [0.05, 0.1) is 13.1 Å². The molecule has 1 saturated carbocycles. The van der Waals surface area contributed by atoms with Crippen molar-refractivity contribution >= 4 is 35.8 Å². The predicted molar refractivity (Wildman–Crippen MR) is 111 cm³/mol. The molecule has 0 aromatic heterocycles. The predicted octanol–water partition coefficient (Wildman–Crippen LogP) is 2.10. The molecule has 7 nitrogen and oxygen atoms in total. The molecule has 2 N–H and O–H groups in total. The number of rotatable bonds is 5. The number of carbonyl (C=O) groups is 1. The summed E-state index contributed by atoms with van der Waals surface area (Å²) < 4.78 is 10.7. The molecule has 1 aliphatic heterocycles. The second kappa shape index (κ2) is 9.84. The van der Waals surface area contributed by atoms with E-state index in [0.717, 1.165) is 29.9 Å². The van der Waals surface area contributed by atoms with Gasteiger partial charge in [0.25, 0.3) is 0 Å². The van der Waals surface area contributed by atoms with Crippen LogP contribution in [-0.4, -0.2) is 50.2 Å². The van der Waals surface area contributed by atoms with Gasteiger partial charge in [-0.2, -0.15) is 0 Å². The molecule has 1 aromatic carbocycles. The summed E-state index contributed by atoms with van der Waals surface area (Å²) >= 11 is 0. The molecule has 0 atom stereocenters. The highest BCUT2D eigenvalue weighted by Gasteiger charge is 2.17. The molecule has 0 unspecified atom stereocenters. The Morgan fingerprint density at radius 2 is 1.96 bits per heavy atom. The molecule has 26 heavy (non-hydrogen) atoms. The quantitative estimate of drug-likeness (QED) is 0.389. The zero-order valence-electron chi connectivity index (χ0n) is 15.3. The van der Waals surface area contributed by atoms with Crippen molar-refractivity contribution in [2.45, 2.75) is 38.3 Å². The van der Waals surface area contributed by atoms with Gasteiger partial charge in [-0.3, -0.25) is 4.79 Å². The third-order valence-electron chi connectivity index (χ3n) is 4.46. The van der Waals surface area contributed by atoms with E-state index in [1.807, 2.05) is 18.2 Å². The van der Waals surface area contributed by atoms with Crippen molar-refractivity contribution in [3.63, 3.8) is 0 Å².